The van der Waals surface area contributed by atoms with E-state index in [2.05, 4.69) is 10.6 Å². The number of carboxylic acids is 1. The molecule has 11 heteroatoms. The predicted molar refractivity (Wildman–Crippen MR) is 147 cm³/mol. The number of aliphatic carboxylic acids is 1. The van der Waals surface area contributed by atoms with Gasteiger partial charge in [-0.1, -0.05) is 38.1 Å². The maximum Gasteiger partial charge on any atom is 0.326 e. The number of likely N-dealkylation sites (tertiary alicyclic amines) is 1. The lowest BCUT2D eigenvalue weighted by molar-refractivity contribution is -0.145. The number of phenols is 2. The monoisotopic (exact) mass is 554 g/mol. The molecular formula is C29H38N4O7. The van der Waals surface area contributed by atoms with Crippen molar-refractivity contribution >= 4 is 23.7 Å². The van der Waals surface area contributed by atoms with Gasteiger partial charge < -0.3 is 36.6 Å². The molecule has 7 N–H and O–H groups in total. The summed E-state index contributed by atoms with van der Waals surface area (Å²) in [6.45, 7) is 3.99. The van der Waals surface area contributed by atoms with Crippen molar-refractivity contribution in [3.63, 3.8) is 0 Å². The van der Waals surface area contributed by atoms with Crippen molar-refractivity contribution in [2.75, 3.05) is 6.54 Å². The third kappa shape index (κ3) is 8.44. The Labute approximate surface area is 233 Å². The standard InChI is InChI=1S/C29H38N4O7/c1-17(2)14-24(29(39)40)32-27(37)25-4-3-13-33(25)28(38)23(16-19-7-11-21(35)12-8-19)31-26(36)22(30)15-18-5-9-20(34)10-6-18/h5-12,17,22-25,34-35H,3-4,13-16,30H2,1-2H3,(H,31,36)(H,32,37)(H,39,40)/t22-,23-,24-,25-/m0/s1. The Hall–Kier alpha value is -4.12. The zero-order chi connectivity index (χ0) is 29.4. The minimum atomic E-state index is -1.14. The van der Waals surface area contributed by atoms with Crippen LogP contribution in [0.2, 0.25) is 0 Å². The van der Waals surface area contributed by atoms with Crippen molar-refractivity contribution in [3.05, 3.63) is 59.7 Å². The molecule has 0 radical (unpaired) electrons. The van der Waals surface area contributed by atoms with Crippen molar-refractivity contribution in [1.29, 1.82) is 0 Å². The van der Waals surface area contributed by atoms with Gasteiger partial charge in [0.15, 0.2) is 0 Å². The van der Waals surface area contributed by atoms with Crippen LogP contribution in [-0.4, -0.2) is 74.6 Å². The van der Waals surface area contributed by atoms with Gasteiger partial charge in [-0.25, -0.2) is 4.79 Å². The summed E-state index contributed by atoms with van der Waals surface area (Å²) >= 11 is 0. The van der Waals surface area contributed by atoms with Gasteiger partial charge in [-0.3, -0.25) is 14.4 Å². The first-order valence-electron chi connectivity index (χ1n) is 13.4. The quantitative estimate of drug-likeness (QED) is 0.227. The van der Waals surface area contributed by atoms with E-state index in [1.54, 1.807) is 24.3 Å². The van der Waals surface area contributed by atoms with E-state index in [-0.39, 0.29) is 43.2 Å². The molecule has 3 amide bonds. The van der Waals surface area contributed by atoms with Gasteiger partial charge in [0.25, 0.3) is 0 Å². The topological polar surface area (TPSA) is 182 Å². The first-order chi connectivity index (χ1) is 18.9. The van der Waals surface area contributed by atoms with E-state index >= 15 is 0 Å². The number of amides is 3. The molecular weight excluding hydrogens is 516 g/mol. The van der Waals surface area contributed by atoms with Gasteiger partial charge in [-0.15, -0.1) is 0 Å². The normalized spacial score (nSPS) is 17.2. The van der Waals surface area contributed by atoms with Crippen LogP contribution in [0.1, 0.15) is 44.2 Å². The fourth-order valence-corrected chi connectivity index (χ4v) is 4.79. The molecule has 2 aromatic carbocycles. The Morgan fingerprint density at radius 3 is 1.98 bits per heavy atom. The van der Waals surface area contributed by atoms with Crippen LogP contribution in [0, 0.1) is 5.92 Å². The van der Waals surface area contributed by atoms with E-state index in [0.717, 1.165) is 5.56 Å². The third-order valence-electron chi connectivity index (χ3n) is 6.88. The summed E-state index contributed by atoms with van der Waals surface area (Å²) in [6.07, 6.45) is 1.43. The fourth-order valence-electron chi connectivity index (χ4n) is 4.79. The molecule has 1 saturated heterocycles. The van der Waals surface area contributed by atoms with Gasteiger partial charge in [0.2, 0.25) is 17.7 Å². The van der Waals surface area contributed by atoms with Gasteiger partial charge in [0, 0.05) is 13.0 Å². The summed E-state index contributed by atoms with van der Waals surface area (Å²) in [4.78, 5) is 53.1. The minimum absolute atomic E-state index is 0.0402. The summed E-state index contributed by atoms with van der Waals surface area (Å²) in [6, 6.07) is 8.53. The molecule has 0 unspecified atom stereocenters. The molecule has 0 bridgehead atoms. The number of carbonyl (C=O) groups excluding carboxylic acids is 3. The van der Waals surface area contributed by atoms with Crippen LogP contribution in [-0.2, 0) is 32.0 Å². The van der Waals surface area contributed by atoms with Crippen molar-refractivity contribution in [3.8, 4) is 11.5 Å². The highest BCUT2D eigenvalue weighted by Crippen LogP contribution is 2.21. The first-order valence-corrected chi connectivity index (χ1v) is 13.4. The summed E-state index contributed by atoms with van der Waals surface area (Å²) in [5.74, 6) is -2.55. The average Bonchev–Trinajstić information content (AvgIpc) is 3.40. The van der Waals surface area contributed by atoms with Crippen LogP contribution in [0.15, 0.2) is 48.5 Å². The summed E-state index contributed by atoms with van der Waals surface area (Å²) in [7, 11) is 0. The SMILES string of the molecule is CC(C)C[C@H](NC(=O)[C@@H]1CCCN1C(=O)[C@H](Cc1ccc(O)cc1)NC(=O)[C@@H](N)Cc1ccc(O)cc1)C(=O)O. The van der Waals surface area contributed by atoms with E-state index in [1.807, 2.05) is 13.8 Å². The Morgan fingerprint density at radius 1 is 0.900 bits per heavy atom. The second kappa shape index (κ2) is 13.8. The number of rotatable bonds is 12. The number of nitrogens with two attached hydrogens (primary N) is 1. The van der Waals surface area contributed by atoms with Crippen LogP contribution in [0.4, 0.5) is 0 Å². The van der Waals surface area contributed by atoms with Crippen LogP contribution in [0.5, 0.6) is 11.5 Å². The molecule has 2 aromatic rings. The minimum Gasteiger partial charge on any atom is -0.508 e. The Balaban J connectivity index is 1.77. The molecule has 1 aliphatic rings. The van der Waals surface area contributed by atoms with Crippen molar-refractivity contribution in [2.24, 2.45) is 11.7 Å². The number of aromatic hydroxyl groups is 2. The van der Waals surface area contributed by atoms with E-state index in [0.29, 0.717) is 18.4 Å². The maximum absolute atomic E-state index is 13.8. The molecule has 1 aliphatic heterocycles. The van der Waals surface area contributed by atoms with E-state index in [1.165, 1.54) is 29.2 Å². The highest BCUT2D eigenvalue weighted by Gasteiger charge is 2.39. The zero-order valence-electron chi connectivity index (χ0n) is 22.7. The van der Waals surface area contributed by atoms with E-state index in [9.17, 15) is 34.5 Å². The predicted octanol–water partition coefficient (Wildman–Crippen LogP) is 1.30. The lowest BCUT2D eigenvalue weighted by Crippen LogP contribution is -2.57. The van der Waals surface area contributed by atoms with Gasteiger partial charge in [0.1, 0.15) is 29.6 Å². The largest absolute Gasteiger partial charge is 0.508 e. The number of nitrogens with zero attached hydrogens (tertiary/aromatic N) is 1. The molecule has 1 heterocycles. The second-order valence-electron chi connectivity index (χ2n) is 10.6. The van der Waals surface area contributed by atoms with Gasteiger partial charge in [0.05, 0.1) is 6.04 Å². The molecule has 0 saturated carbocycles. The van der Waals surface area contributed by atoms with Crippen LogP contribution < -0.4 is 16.4 Å². The molecule has 0 aromatic heterocycles. The number of phenolic OH excluding ortho intramolecular Hbond substituents is 2. The number of carbonyl (C=O) groups is 4. The Morgan fingerprint density at radius 2 is 1.45 bits per heavy atom. The molecule has 1 fully saturated rings. The molecule has 0 aliphatic carbocycles. The second-order valence-corrected chi connectivity index (χ2v) is 10.6. The third-order valence-corrected chi connectivity index (χ3v) is 6.88. The molecule has 0 spiro atoms. The smallest absolute Gasteiger partial charge is 0.326 e. The van der Waals surface area contributed by atoms with Crippen molar-refractivity contribution in [1.82, 2.24) is 15.5 Å². The highest BCUT2D eigenvalue weighted by molar-refractivity contribution is 5.94. The maximum atomic E-state index is 13.8. The van der Waals surface area contributed by atoms with Gasteiger partial charge in [-0.2, -0.15) is 0 Å². The summed E-state index contributed by atoms with van der Waals surface area (Å²) in [5.41, 5.74) is 7.55. The lowest BCUT2D eigenvalue weighted by Gasteiger charge is -2.30. The van der Waals surface area contributed by atoms with E-state index < -0.39 is 47.9 Å². The average molecular weight is 555 g/mol. The van der Waals surface area contributed by atoms with Gasteiger partial charge >= 0.3 is 5.97 Å². The summed E-state index contributed by atoms with van der Waals surface area (Å²) < 4.78 is 0. The molecule has 11 nitrogen and oxygen atoms in total. The number of hydrogen-bond acceptors (Lipinski definition) is 7. The molecule has 4 atom stereocenters. The van der Waals surface area contributed by atoms with Crippen LogP contribution >= 0.6 is 0 Å². The zero-order valence-corrected chi connectivity index (χ0v) is 22.7. The first kappa shape index (κ1) is 30.4. The molecule has 216 valence electrons. The highest BCUT2D eigenvalue weighted by atomic mass is 16.4. The van der Waals surface area contributed by atoms with Crippen LogP contribution in [0.3, 0.4) is 0 Å². The molecule has 3 rings (SSSR count). The molecule has 40 heavy (non-hydrogen) atoms. The van der Waals surface area contributed by atoms with Crippen molar-refractivity contribution < 1.29 is 34.5 Å². The summed E-state index contributed by atoms with van der Waals surface area (Å²) in [5, 5.41) is 34.0. The van der Waals surface area contributed by atoms with E-state index in [4.69, 9.17) is 5.73 Å². The number of nitrogens with one attached hydrogen (secondary N) is 2. The Bertz CT molecular complexity index is 1180. The number of hydrogen-bond donors (Lipinski definition) is 6. The number of carboxylic acid groups (broad SMARTS) is 1. The Kier molecular flexibility index (Phi) is 10.5. The fraction of sp³-hybridized carbons (Fsp3) is 0.448. The van der Waals surface area contributed by atoms with Gasteiger partial charge in [-0.05, 0) is 67.0 Å². The lowest BCUT2D eigenvalue weighted by atomic mass is 10.0. The van der Waals surface area contributed by atoms with Crippen LogP contribution in [0.25, 0.3) is 0 Å². The number of benzene rings is 2. The van der Waals surface area contributed by atoms with Crippen molar-refractivity contribution in [2.45, 2.75) is 70.1 Å².